The fourth-order valence-electron chi connectivity index (χ4n) is 3.85. The summed E-state index contributed by atoms with van der Waals surface area (Å²) in [5, 5.41) is 10.7. The van der Waals surface area contributed by atoms with E-state index < -0.39 is 17.7 Å². The first-order chi connectivity index (χ1) is 16.2. The molecule has 8 heteroatoms. The third-order valence-electron chi connectivity index (χ3n) is 5.64. The van der Waals surface area contributed by atoms with Crippen molar-refractivity contribution in [2.24, 2.45) is 7.05 Å². The number of ether oxygens (including phenoxy) is 2. The summed E-state index contributed by atoms with van der Waals surface area (Å²) in [6, 6.07) is 9.77. The minimum absolute atomic E-state index is 0.0296. The second-order valence-corrected chi connectivity index (χ2v) is 8.75. The van der Waals surface area contributed by atoms with Gasteiger partial charge >= 0.3 is 11.9 Å². The van der Waals surface area contributed by atoms with E-state index in [4.69, 9.17) is 9.47 Å². The molecule has 0 aliphatic heterocycles. The maximum Gasteiger partial charge on any atom is 0.348 e. The van der Waals surface area contributed by atoms with E-state index in [0.29, 0.717) is 10.4 Å². The monoisotopic (exact) mass is 478 g/mol. The minimum atomic E-state index is -0.609. The number of thiophene rings is 1. The van der Waals surface area contributed by atoms with Gasteiger partial charge in [0, 0.05) is 40.5 Å². The molecule has 34 heavy (non-hydrogen) atoms. The summed E-state index contributed by atoms with van der Waals surface area (Å²) in [5.41, 5.74) is 3.28. The number of aryl methyl sites for hydroxylation is 1. The first kappa shape index (κ1) is 24.9. The van der Waals surface area contributed by atoms with E-state index in [9.17, 15) is 19.6 Å². The number of hydrogen-bond acceptors (Lipinski definition) is 7. The maximum atomic E-state index is 13.2. The normalized spacial score (nSPS) is 11.4. The summed E-state index contributed by atoms with van der Waals surface area (Å²) in [7, 11) is 1.93. The number of para-hydroxylation sites is 1. The highest BCUT2D eigenvalue weighted by molar-refractivity contribution is 7.14. The summed E-state index contributed by atoms with van der Waals surface area (Å²) < 4.78 is 12.3. The average Bonchev–Trinajstić information content (AvgIpc) is 3.26. The summed E-state index contributed by atoms with van der Waals surface area (Å²) in [6.45, 7) is 7.27. The molecule has 176 valence electrons. The number of aromatic nitrogens is 1. The van der Waals surface area contributed by atoms with Crippen LogP contribution in [0, 0.1) is 25.2 Å². The molecule has 2 heterocycles. The van der Waals surface area contributed by atoms with Crippen molar-refractivity contribution in [3.8, 4) is 6.07 Å². The molecule has 0 fully saturated rings. The van der Waals surface area contributed by atoms with Gasteiger partial charge in [-0.2, -0.15) is 5.26 Å². The van der Waals surface area contributed by atoms with Crippen LogP contribution in [-0.2, 0) is 27.7 Å². The molecule has 0 spiro atoms. The molecule has 0 radical (unpaired) electrons. The van der Waals surface area contributed by atoms with Gasteiger partial charge in [0.05, 0.1) is 24.4 Å². The lowest BCUT2D eigenvalue weighted by Gasteiger charge is -2.05. The molecule has 0 aliphatic carbocycles. The van der Waals surface area contributed by atoms with Crippen molar-refractivity contribution in [1.29, 1.82) is 5.26 Å². The van der Waals surface area contributed by atoms with Gasteiger partial charge in [-0.1, -0.05) is 18.2 Å². The largest absolute Gasteiger partial charge is 0.462 e. The van der Waals surface area contributed by atoms with Crippen LogP contribution in [-0.4, -0.2) is 35.5 Å². The van der Waals surface area contributed by atoms with Crippen LogP contribution < -0.4 is 0 Å². The van der Waals surface area contributed by atoms with Crippen LogP contribution in [0.25, 0.3) is 17.0 Å². The van der Waals surface area contributed by atoms with E-state index >= 15 is 0 Å². The summed E-state index contributed by atoms with van der Waals surface area (Å²) in [5.74, 6) is -1.62. The molecule has 0 atom stereocenters. The van der Waals surface area contributed by atoms with Crippen molar-refractivity contribution in [3.63, 3.8) is 0 Å². The van der Waals surface area contributed by atoms with Crippen LogP contribution in [0.5, 0.6) is 0 Å². The zero-order valence-corrected chi connectivity index (χ0v) is 20.7. The molecule has 1 aromatic carbocycles. The van der Waals surface area contributed by atoms with Crippen molar-refractivity contribution in [2.75, 3.05) is 13.2 Å². The number of benzene rings is 1. The molecule has 0 unspecified atom stereocenters. The molecule has 0 saturated carbocycles. The first-order valence-electron chi connectivity index (χ1n) is 10.9. The van der Waals surface area contributed by atoms with Gasteiger partial charge in [0.15, 0.2) is 5.78 Å². The third-order valence-corrected chi connectivity index (χ3v) is 6.91. The van der Waals surface area contributed by atoms with Crippen LogP contribution in [0.1, 0.15) is 55.6 Å². The van der Waals surface area contributed by atoms with Gasteiger partial charge in [-0.25, -0.2) is 9.59 Å². The number of carbonyl (C=O) groups is 3. The smallest absolute Gasteiger partial charge is 0.348 e. The highest BCUT2D eigenvalue weighted by atomic mass is 32.1. The van der Waals surface area contributed by atoms with Crippen LogP contribution in [0.15, 0.2) is 29.8 Å². The second kappa shape index (κ2) is 10.5. The van der Waals surface area contributed by atoms with Gasteiger partial charge in [0.25, 0.3) is 0 Å². The third kappa shape index (κ3) is 4.66. The van der Waals surface area contributed by atoms with Crippen molar-refractivity contribution in [3.05, 3.63) is 62.0 Å². The summed E-state index contributed by atoms with van der Waals surface area (Å²) in [4.78, 5) is 38.8. The Morgan fingerprint density at radius 2 is 1.74 bits per heavy atom. The first-order valence-corrected chi connectivity index (χ1v) is 11.7. The molecule has 0 N–H and O–H groups in total. The number of rotatable bonds is 8. The molecule has 0 aliphatic rings. The van der Waals surface area contributed by atoms with E-state index in [1.54, 1.807) is 26.8 Å². The lowest BCUT2D eigenvalue weighted by Crippen LogP contribution is -2.12. The van der Waals surface area contributed by atoms with Crippen molar-refractivity contribution < 1.29 is 23.9 Å². The Morgan fingerprint density at radius 1 is 1.09 bits per heavy atom. The van der Waals surface area contributed by atoms with E-state index in [-0.39, 0.29) is 35.6 Å². The standard InChI is InChI=1S/C26H26N2O5S/c1-6-32-25(30)23-15(3)24(26(31)33-7-2)34-22(23)13-21(29)17(14-27)12-19-16(4)28(5)20-11-9-8-10-18(19)20/h8-12H,6-7,13H2,1-5H3. The number of hydrogen-bond donors (Lipinski definition) is 0. The summed E-state index contributed by atoms with van der Waals surface area (Å²) in [6.07, 6.45) is 1.39. The van der Waals surface area contributed by atoms with Crippen molar-refractivity contribution in [1.82, 2.24) is 4.57 Å². The average molecular weight is 479 g/mol. The number of ketones is 1. The van der Waals surface area contributed by atoms with Crippen LogP contribution in [0.2, 0.25) is 0 Å². The molecule has 3 aromatic rings. The van der Waals surface area contributed by atoms with Crippen LogP contribution in [0.4, 0.5) is 0 Å². The number of carbonyl (C=O) groups excluding carboxylic acids is 3. The van der Waals surface area contributed by atoms with Gasteiger partial charge in [0.2, 0.25) is 0 Å². The zero-order valence-electron chi connectivity index (χ0n) is 19.9. The lowest BCUT2D eigenvalue weighted by atomic mass is 10.0. The second-order valence-electron chi connectivity index (χ2n) is 7.64. The fourth-order valence-corrected chi connectivity index (χ4v) is 5.04. The van der Waals surface area contributed by atoms with E-state index in [1.165, 1.54) is 0 Å². The Morgan fingerprint density at radius 3 is 2.38 bits per heavy atom. The fraction of sp³-hybridized carbons (Fsp3) is 0.308. The van der Waals surface area contributed by atoms with Crippen molar-refractivity contribution >= 4 is 46.0 Å². The molecule has 0 saturated heterocycles. The Bertz CT molecular complexity index is 1350. The van der Waals surface area contributed by atoms with Gasteiger partial charge in [0.1, 0.15) is 10.9 Å². The molecular weight excluding hydrogens is 452 g/mol. The topological polar surface area (TPSA) is 98.4 Å². The zero-order chi connectivity index (χ0) is 25.0. The predicted molar refractivity (Wildman–Crippen MR) is 131 cm³/mol. The van der Waals surface area contributed by atoms with Gasteiger partial charge in [-0.3, -0.25) is 4.79 Å². The highest BCUT2D eigenvalue weighted by Gasteiger charge is 2.28. The molecule has 2 aromatic heterocycles. The molecular formula is C26H26N2O5S. The SMILES string of the molecule is CCOC(=O)c1sc(CC(=O)C(C#N)=Cc2c(C)n(C)c3ccccc23)c(C(=O)OCC)c1C. The number of allylic oxidation sites excluding steroid dienone is 1. The van der Waals surface area contributed by atoms with Gasteiger partial charge in [-0.15, -0.1) is 11.3 Å². The van der Waals surface area contributed by atoms with Gasteiger partial charge in [-0.05, 0) is 45.4 Å². The molecule has 7 nitrogen and oxygen atoms in total. The minimum Gasteiger partial charge on any atom is -0.462 e. The molecule has 3 rings (SSSR count). The van der Waals surface area contributed by atoms with Crippen molar-refractivity contribution in [2.45, 2.75) is 34.1 Å². The number of esters is 2. The van der Waals surface area contributed by atoms with E-state index in [2.05, 4.69) is 0 Å². The van der Waals surface area contributed by atoms with Gasteiger partial charge < -0.3 is 14.0 Å². The molecule has 0 amide bonds. The Kier molecular flexibility index (Phi) is 7.69. The summed E-state index contributed by atoms with van der Waals surface area (Å²) >= 11 is 1.02. The molecule has 0 bridgehead atoms. The lowest BCUT2D eigenvalue weighted by molar-refractivity contribution is -0.114. The van der Waals surface area contributed by atoms with E-state index in [0.717, 1.165) is 33.5 Å². The number of fused-ring (bicyclic) bond motifs is 1. The Hall–Kier alpha value is -3.70. The number of nitrogens with zero attached hydrogens (tertiary/aromatic N) is 2. The quantitative estimate of drug-likeness (QED) is 0.259. The number of Topliss-reactive ketones (excluding diaryl/α,β-unsaturated/α-hetero) is 1. The van der Waals surface area contributed by atoms with Crippen LogP contribution >= 0.6 is 11.3 Å². The Labute approximate surface area is 202 Å². The van der Waals surface area contributed by atoms with E-state index in [1.807, 2.05) is 48.9 Å². The number of nitriles is 1. The maximum absolute atomic E-state index is 13.2. The predicted octanol–water partition coefficient (Wildman–Crippen LogP) is 4.93. The highest BCUT2D eigenvalue weighted by Crippen LogP contribution is 2.32. The van der Waals surface area contributed by atoms with Crippen LogP contribution in [0.3, 0.4) is 0 Å². The Balaban J connectivity index is 2.04.